The van der Waals surface area contributed by atoms with E-state index in [2.05, 4.69) is 74.0 Å². The Kier molecular flexibility index (Phi) is 4.02. The maximum Gasteiger partial charge on any atom is 0.380 e. The zero-order valence-corrected chi connectivity index (χ0v) is 15.0. The first-order valence-corrected chi connectivity index (χ1v) is 9.20. The third-order valence-electron chi connectivity index (χ3n) is 5.93. The van der Waals surface area contributed by atoms with Gasteiger partial charge in [0.15, 0.2) is 0 Å². The van der Waals surface area contributed by atoms with E-state index in [1.807, 2.05) is 0 Å². The largest absolute Gasteiger partial charge is 0.406 e. The summed E-state index contributed by atoms with van der Waals surface area (Å²) in [5.74, 6) is 0. The zero-order valence-electron chi connectivity index (χ0n) is 15.0. The summed E-state index contributed by atoms with van der Waals surface area (Å²) in [6, 6.07) is 18.0. The molecule has 2 nitrogen and oxygen atoms in total. The lowest BCUT2D eigenvalue weighted by Crippen LogP contribution is -2.48. The van der Waals surface area contributed by atoms with Crippen molar-refractivity contribution in [2.24, 2.45) is 0 Å². The van der Waals surface area contributed by atoms with Crippen LogP contribution in [0.1, 0.15) is 41.5 Å². The molecule has 2 aliphatic heterocycles. The number of aryl methyl sites for hydroxylation is 2. The van der Waals surface area contributed by atoms with E-state index in [0.717, 1.165) is 6.54 Å². The molecule has 0 N–H and O–H groups in total. The van der Waals surface area contributed by atoms with Crippen LogP contribution in [0.25, 0.3) is 0 Å². The second-order valence-electron chi connectivity index (χ2n) is 7.33. The van der Waals surface area contributed by atoms with Crippen molar-refractivity contribution in [2.75, 3.05) is 6.54 Å². The van der Waals surface area contributed by atoms with Crippen LogP contribution < -0.4 is 0 Å². The first kappa shape index (κ1) is 15.9. The molecule has 2 aromatic carbocycles. The number of benzene rings is 2. The molecule has 0 aromatic heterocycles. The predicted octanol–water partition coefficient (Wildman–Crippen LogP) is 4.55. The molecule has 2 aliphatic rings. The predicted molar refractivity (Wildman–Crippen MR) is 100 cm³/mol. The summed E-state index contributed by atoms with van der Waals surface area (Å²) in [7, 11) is 0.162. The Morgan fingerprint density at radius 1 is 0.958 bits per heavy atom. The number of rotatable bonds is 2. The molecule has 0 radical (unpaired) electrons. The van der Waals surface area contributed by atoms with Crippen molar-refractivity contribution in [1.29, 1.82) is 0 Å². The maximum atomic E-state index is 6.86. The van der Waals surface area contributed by atoms with E-state index in [-0.39, 0.29) is 12.7 Å². The van der Waals surface area contributed by atoms with E-state index in [1.165, 1.54) is 41.5 Å². The van der Waals surface area contributed by atoms with Crippen molar-refractivity contribution >= 4 is 7.05 Å². The summed E-state index contributed by atoms with van der Waals surface area (Å²) < 4.78 is 6.86. The van der Waals surface area contributed by atoms with Crippen LogP contribution in [0.15, 0.2) is 48.5 Å². The normalized spacial score (nSPS) is 23.3. The van der Waals surface area contributed by atoms with E-state index in [0.29, 0.717) is 6.04 Å². The van der Waals surface area contributed by atoms with Gasteiger partial charge in [-0.2, -0.15) is 0 Å². The Bertz CT molecular complexity index is 699. The molecule has 0 spiro atoms. The first-order chi connectivity index (χ1) is 11.6. The van der Waals surface area contributed by atoms with Crippen LogP contribution in [0.3, 0.4) is 0 Å². The van der Waals surface area contributed by atoms with Crippen molar-refractivity contribution in [3.8, 4) is 0 Å². The Morgan fingerprint density at radius 3 is 2.12 bits per heavy atom. The fraction of sp³-hybridized carbons (Fsp3) is 0.429. The lowest BCUT2D eigenvalue weighted by Gasteiger charge is -2.42. The molecular formula is C21H26BNO. The van der Waals surface area contributed by atoms with E-state index >= 15 is 0 Å². The molecule has 24 heavy (non-hydrogen) atoms. The second-order valence-corrected chi connectivity index (χ2v) is 7.33. The van der Waals surface area contributed by atoms with Gasteiger partial charge in [-0.05, 0) is 62.3 Å². The van der Waals surface area contributed by atoms with Crippen LogP contribution in [0.5, 0.6) is 0 Å². The van der Waals surface area contributed by atoms with Gasteiger partial charge in [0.25, 0.3) is 0 Å². The monoisotopic (exact) mass is 319 g/mol. The Labute approximate surface area is 146 Å². The van der Waals surface area contributed by atoms with Crippen molar-refractivity contribution < 1.29 is 4.65 Å². The van der Waals surface area contributed by atoms with Crippen molar-refractivity contribution in [3.63, 3.8) is 0 Å². The number of nitrogens with zero attached hydrogens (tertiary/aromatic N) is 1. The minimum Gasteiger partial charge on any atom is -0.406 e. The molecule has 0 bridgehead atoms. The zero-order chi connectivity index (χ0) is 16.7. The molecule has 2 saturated heterocycles. The van der Waals surface area contributed by atoms with E-state index in [9.17, 15) is 0 Å². The summed E-state index contributed by atoms with van der Waals surface area (Å²) in [5, 5.41) is 0. The van der Waals surface area contributed by atoms with Gasteiger partial charge in [0, 0.05) is 6.04 Å². The minimum atomic E-state index is -0.351. The van der Waals surface area contributed by atoms with Crippen LogP contribution in [0, 0.1) is 13.8 Å². The molecular weight excluding hydrogens is 293 g/mol. The van der Waals surface area contributed by atoms with Crippen molar-refractivity contribution in [1.82, 2.24) is 4.81 Å². The highest BCUT2D eigenvalue weighted by Gasteiger charge is 2.56. The molecule has 0 unspecified atom stereocenters. The van der Waals surface area contributed by atoms with Crippen LogP contribution in [-0.4, -0.2) is 24.4 Å². The number of hydrogen-bond donors (Lipinski definition) is 0. The molecule has 4 rings (SSSR count). The van der Waals surface area contributed by atoms with Gasteiger partial charge >= 0.3 is 7.05 Å². The Morgan fingerprint density at radius 2 is 1.54 bits per heavy atom. The summed E-state index contributed by atoms with van der Waals surface area (Å²) in [5.41, 5.74) is 4.96. The highest BCUT2D eigenvalue weighted by Crippen LogP contribution is 2.49. The number of fused-ring (bicyclic) bond motifs is 1. The van der Waals surface area contributed by atoms with Gasteiger partial charge in [-0.3, -0.25) is 0 Å². The van der Waals surface area contributed by atoms with Gasteiger partial charge < -0.3 is 9.47 Å². The van der Waals surface area contributed by atoms with E-state index in [4.69, 9.17) is 4.65 Å². The second kappa shape index (κ2) is 6.05. The van der Waals surface area contributed by atoms with Crippen LogP contribution in [0.2, 0.25) is 6.82 Å². The molecule has 0 aliphatic carbocycles. The van der Waals surface area contributed by atoms with Crippen LogP contribution in [0.4, 0.5) is 0 Å². The van der Waals surface area contributed by atoms with Gasteiger partial charge in [0.1, 0.15) is 5.60 Å². The first-order valence-electron chi connectivity index (χ1n) is 9.20. The quantitative estimate of drug-likeness (QED) is 0.753. The minimum absolute atomic E-state index is 0.162. The van der Waals surface area contributed by atoms with Gasteiger partial charge in [-0.1, -0.05) is 55.0 Å². The average Bonchev–Trinajstić information content (AvgIpc) is 2.90. The lowest BCUT2D eigenvalue weighted by molar-refractivity contribution is 0.0813. The highest BCUT2D eigenvalue weighted by molar-refractivity contribution is 6.48. The highest BCUT2D eigenvalue weighted by atomic mass is 16.5. The fourth-order valence-electron chi connectivity index (χ4n) is 4.85. The van der Waals surface area contributed by atoms with Crippen molar-refractivity contribution in [2.45, 2.75) is 51.6 Å². The third-order valence-corrected chi connectivity index (χ3v) is 5.93. The van der Waals surface area contributed by atoms with Gasteiger partial charge in [-0.15, -0.1) is 0 Å². The SMILES string of the molecule is CB1OC(c2ccccc2C)(c2ccccc2C)[C@@H]2CCCCN12. The number of hydrogen-bond acceptors (Lipinski definition) is 2. The Hall–Kier alpha value is -1.58. The van der Waals surface area contributed by atoms with Crippen molar-refractivity contribution in [3.05, 3.63) is 70.8 Å². The third kappa shape index (κ3) is 2.26. The van der Waals surface area contributed by atoms with Crippen LogP contribution >= 0.6 is 0 Å². The van der Waals surface area contributed by atoms with Gasteiger partial charge in [-0.25, -0.2) is 0 Å². The van der Waals surface area contributed by atoms with Gasteiger partial charge in [0.05, 0.1) is 0 Å². The summed E-state index contributed by atoms with van der Waals surface area (Å²) in [4.78, 5) is 2.59. The molecule has 124 valence electrons. The van der Waals surface area contributed by atoms with Gasteiger partial charge in [0.2, 0.25) is 0 Å². The molecule has 1 atom stereocenters. The molecule has 2 heterocycles. The molecule has 0 amide bonds. The molecule has 3 heteroatoms. The maximum absolute atomic E-state index is 6.86. The topological polar surface area (TPSA) is 12.5 Å². The summed E-state index contributed by atoms with van der Waals surface area (Å²) >= 11 is 0. The summed E-state index contributed by atoms with van der Waals surface area (Å²) in [6.45, 7) is 7.80. The smallest absolute Gasteiger partial charge is 0.380 e. The summed E-state index contributed by atoms with van der Waals surface area (Å²) in [6.07, 6.45) is 3.77. The molecule has 2 aromatic rings. The van der Waals surface area contributed by atoms with E-state index < -0.39 is 0 Å². The lowest BCUT2D eigenvalue weighted by atomic mass is 9.74. The van der Waals surface area contributed by atoms with E-state index in [1.54, 1.807) is 0 Å². The standard InChI is InChI=1S/C21H26BNO/c1-16-10-4-6-12-18(16)21(19-13-7-5-11-17(19)2)20-14-8-9-15-23(20)22(3)24-21/h4-7,10-13,20H,8-9,14-15H2,1-3H3/t20-/m0/s1. The Balaban J connectivity index is 1.98. The number of piperidine rings is 1. The average molecular weight is 319 g/mol. The van der Waals surface area contributed by atoms with Crippen LogP contribution in [-0.2, 0) is 10.3 Å². The molecule has 0 saturated carbocycles. The molecule has 2 fully saturated rings. The fourth-order valence-corrected chi connectivity index (χ4v) is 4.85.